The summed E-state index contributed by atoms with van der Waals surface area (Å²) in [5.41, 5.74) is 3.53. The quantitative estimate of drug-likeness (QED) is 0.892. The van der Waals surface area contributed by atoms with Crippen molar-refractivity contribution in [1.29, 1.82) is 0 Å². The van der Waals surface area contributed by atoms with E-state index in [4.69, 9.17) is 0 Å². The highest BCUT2D eigenvalue weighted by molar-refractivity contribution is 9.10. The second-order valence-electron chi connectivity index (χ2n) is 4.29. The monoisotopic (exact) mass is 320 g/mol. The van der Waals surface area contributed by atoms with E-state index in [1.54, 1.807) is 6.33 Å². The highest BCUT2D eigenvalue weighted by Gasteiger charge is 2.09. The van der Waals surface area contributed by atoms with E-state index in [0.717, 1.165) is 28.3 Å². The lowest BCUT2D eigenvalue weighted by molar-refractivity contribution is 1.10. The highest BCUT2D eigenvalue weighted by Crippen LogP contribution is 2.30. The van der Waals surface area contributed by atoms with Crippen LogP contribution in [0.3, 0.4) is 0 Å². The van der Waals surface area contributed by atoms with Crippen molar-refractivity contribution in [3.05, 3.63) is 40.1 Å². The van der Waals surface area contributed by atoms with Crippen molar-refractivity contribution >= 4 is 33.3 Å². The first-order chi connectivity index (χ1) is 9.13. The molecule has 0 aliphatic heterocycles. The van der Waals surface area contributed by atoms with E-state index in [1.807, 2.05) is 19.1 Å². The van der Waals surface area contributed by atoms with Crippen molar-refractivity contribution in [3.8, 4) is 0 Å². The minimum Gasteiger partial charge on any atom is -0.369 e. The first-order valence-corrected chi connectivity index (χ1v) is 7.00. The van der Waals surface area contributed by atoms with Gasteiger partial charge in [-0.2, -0.15) is 0 Å². The zero-order chi connectivity index (χ0) is 13.8. The molecule has 0 atom stereocenters. The van der Waals surface area contributed by atoms with Gasteiger partial charge in [-0.15, -0.1) is 0 Å². The number of hydrogen-bond donors (Lipinski definition) is 2. The Morgan fingerprint density at radius 1 is 1.16 bits per heavy atom. The molecule has 0 saturated carbocycles. The molecule has 0 aliphatic rings. The summed E-state index contributed by atoms with van der Waals surface area (Å²) in [5, 5.41) is 6.53. The fraction of sp³-hybridized carbons (Fsp3) is 0.286. The predicted octanol–water partition coefficient (Wildman–Crippen LogP) is 4.03. The SMILES string of the molecule is CCNc1ncnc(Nc2cccc(C)c2C)c1Br. The third-order valence-corrected chi connectivity index (χ3v) is 3.74. The number of rotatable bonds is 4. The molecule has 5 heteroatoms. The molecular weight excluding hydrogens is 304 g/mol. The Kier molecular flexibility index (Phi) is 4.37. The molecule has 0 aliphatic carbocycles. The van der Waals surface area contributed by atoms with Crippen LogP contribution < -0.4 is 10.6 Å². The van der Waals surface area contributed by atoms with Crippen molar-refractivity contribution in [1.82, 2.24) is 9.97 Å². The molecule has 0 radical (unpaired) electrons. The van der Waals surface area contributed by atoms with Crippen LogP contribution in [-0.4, -0.2) is 16.5 Å². The normalized spacial score (nSPS) is 10.3. The molecule has 0 bridgehead atoms. The lowest BCUT2D eigenvalue weighted by atomic mass is 10.1. The summed E-state index contributed by atoms with van der Waals surface area (Å²) < 4.78 is 0.845. The molecule has 1 aromatic carbocycles. The number of halogens is 1. The van der Waals surface area contributed by atoms with Crippen LogP contribution in [-0.2, 0) is 0 Å². The van der Waals surface area contributed by atoms with Gasteiger partial charge in [-0.3, -0.25) is 0 Å². The molecule has 1 heterocycles. The fourth-order valence-electron chi connectivity index (χ4n) is 1.76. The van der Waals surface area contributed by atoms with E-state index in [2.05, 4.69) is 56.4 Å². The van der Waals surface area contributed by atoms with E-state index in [9.17, 15) is 0 Å². The van der Waals surface area contributed by atoms with Gasteiger partial charge in [0.05, 0.1) is 0 Å². The minimum absolute atomic E-state index is 0.764. The number of nitrogens with zero attached hydrogens (tertiary/aromatic N) is 2. The molecule has 2 rings (SSSR count). The number of aryl methyl sites for hydroxylation is 1. The Labute approximate surface area is 121 Å². The second kappa shape index (κ2) is 6.02. The van der Waals surface area contributed by atoms with Crippen LogP contribution in [0.1, 0.15) is 18.1 Å². The third kappa shape index (κ3) is 3.04. The van der Waals surface area contributed by atoms with Gasteiger partial charge in [0.1, 0.15) is 22.4 Å². The third-order valence-electron chi connectivity index (χ3n) is 2.99. The number of anilines is 3. The van der Waals surface area contributed by atoms with Gasteiger partial charge in [-0.05, 0) is 53.9 Å². The van der Waals surface area contributed by atoms with Crippen molar-refractivity contribution in [3.63, 3.8) is 0 Å². The molecule has 4 nitrogen and oxygen atoms in total. The maximum absolute atomic E-state index is 4.28. The predicted molar refractivity (Wildman–Crippen MR) is 83.1 cm³/mol. The Bertz CT molecular complexity index is 584. The van der Waals surface area contributed by atoms with E-state index in [1.165, 1.54) is 11.1 Å². The summed E-state index contributed by atoms with van der Waals surface area (Å²) in [4.78, 5) is 8.48. The van der Waals surface area contributed by atoms with Crippen LogP contribution in [0.25, 0.3) is 0 Å². The summed E-state index contributed by atoms with van der Waals surface area (Å²) >= 11 is 3.53. The molecule has 0 amide bonds. The molecule has 0 unspecified atom stereocenters. The van der Waals surface area contributed by atoms with E-state index >= 15 is 0 Å². The first kappa shape index (κ1) is 13.8. The van der Waals surface area contributed by atoms with Gasteiger partial charge in [0.2, 0.25) is 0 Å². The van der Waals surface area contributed by atoms with Crippen molar-refractivity contribution in [2.45, 2.75) is 20.8 Å². The molecule has 100 valence electrons. The number of aromatic nitrogens is 2. The smallest absolute Gasteiger partial charge is 0.150 e. The first-order valence-electron chi connectivity index (χ1n) is 6.21. The van der Waals surface area contributed by atoms with E-state index < -0.39 is 0 Å². The summed E-state index contributed by atoms with van der Waals surface area (Å²) in [5.74, 6) is 1.56. The zero-order valence-electron chi connectivity index (χ0n) is 11.3. The van der Waals surface area contributed by atoms with Gasteiger partial charge in [-0.25, -0.2) is 9.97 Å². The van der Waals surface area contributed by atoms with Crippen LogP contribution in [0.5, 0.6) is 0 Å². The van der Waals surface area contributed by atoms with Gasteiger partial charge in [0.15, 0.2) is 0 Å². The molecule has 0 saturated heterocycles. The number of nitrogens with one attached hydrogen (secondary N) is 2. The summed E-state index contributed by atoms with van der Waals surface area (Å²) in [6, 6.07) is 6.17. The Morgan fingerprint density at radius 3 is 2.63 bits per heavy atom. The molecule has 19 heavy (non-hydrogen) atoms. The fourth-order valence-corrected chi connectivity index (χ4v) is 2.21. The molecule has 2 N–H and O–H groups in total. The standard InChI is InChI=1S/C14H17BrN4/c1-4-16-13-12(15)14(18-8-17-13)19-11-7-5-6-9(2)10(11)3/h5-8H,4H2,1-3H3,(H2,16,17,18,19). The lowest BCUT2D eigenvalue weighted by Crippen LogP contribution is -2.04. The molecule has 0 spiro atoms. The highest BCUT2D eigenvalue weighted by atomic mass is 79.9. The van der Waals surface area contributed by atoms with Crippen molar-refractivity contribution in [2.75, 3.05) is 17.2 Å². The Hall–Kier alpha value is -1.62. The summed E-state index contributed by atoms with van der Waals surface area (Å²) in [6.45, 7) is 7.04. The average Bonchev–Trinajstić information content (AvgIpc) is 2.40. The van der Waals surface area contributed by atoms with Gasteiger partial charge >= 0.3 is 0 Å². The molecular formula is C14H17BrN4. The van der Waals surface area contributed by atoms with Crippen molar-refractivity contribution in [2.24, 2.45) is 0 Å². The topological polar surface area (TPSA) is 49.8 Å². The van der Waals surface area contributed by atoms with Gasteiger partial charge < -0.3 is 10.6 Å². The summed E-state index contributed by atoms with van der Waals surface area (Å²) in [6.07, 6.45) is 1.55. The van der Waals surface area contributed by atoms with Crippen LogP contribution in [0, 0.1) is 13.8 Å². The van der Waals surface area contributed by atoms with Crippen LogP contribution in [0.15, 0.2) is 29.0 Å². The number of hydrogen-bond acceptors (Lipinski definition) is 4. The largest absolute Gasteiger partial charge is 0.369 e. The van der Waals surface area contributed by atoms with Gasteiger partial charge in [-0.1, -0.05) is 12.1 Å². The molecule has 2 aromatic rings. The maximum atomic E-state index is 4.28. The second-order valence-corrected chi connectivity index (χ2v) is 5.08. The van der Waals surface area contributed by atoms with Gasteiger partial charge in [0, 0.05) is 12.2 Å². The van der Waals surface area contributed by atoms with E-state index in [-0.39, 0.29) is 0 Å². The average molecular weight is 321 g/mol. The molecule has 1 aromatic heterocycles. The number of benzene rings is 1. The van der Waals surface area contributed by atoms with Crippen molar-refractivity contribution < 1.29 is 0 Å². The molecule has 0 fully saturated rings. The van der Waals surface area contributed by atoms with Crippen LogP contribution in [0.4, 0.5) is 17.3 Å². The van der Waals surface area contributed by atoms with Gasteiger partial charge in [0.25, 0.3) is 0 Å². The maximum Gasteiger partial charge on any atom is 0.150 e. The van der Waals surface area contributed by atoms with E-state index in [0.29, 0.717) is 0 Å². The summed E-state index contributed by atoms with van der Waals surface area (Å²) in [7, 11) is 0. The van der Waals surface area contributed by atoms with Crippen LogP contribution >= 0.6 is 15.9 Å². The zero-order valence-corrected chi connectivity index (χ0v) is 12.9. The Balaban J connectivity index is 2.33. The lowest BCUT2D eigenvalue weighted by Gasteiger charge is -2.13. The van der Waals surface area contributed by atoms with Crippen LogP contribution in [0.2, 0.25) is 0 Å². The Morgan fingerprint density at radius 2 is 1.89 bits per heavy atom. The minimum atomic E-state index is 0.764.